The van der Waals surface area contributed by atoms with E-state index in [1.807, 2.05) is 29.2 Å². The summed E-state index contributed by atoms with van der Waals surface area (Å²) in [6, 6.07) is 8.18. The van der Waals surface area contributed by atoms with Crippen molar-refractivity contribution in [3.05, 3.63) is 35.7 Å². The number of rotatable bonds is 4. The Morgan fingerprint density at radius 3 is 2.42 bits per heavy atom. The first-order chi connectivity index (χ1) is 14.1. The molecule has 2 heterocycles. The Labute approximate surface area is 195 Å². The van der Waals surface area contributed by atoms with Gasteiger partial charge in [-0.05, 0) is 38.0 Å². The first kappa shape index (κ1) is 24.0. The van der Waals surface area contributed by atoms with Crippen LogP contribution in [0.3, 0.4) is 0 Å². The van der Waals surface area contributed by atoms with Crippen molar-refractivity contribution in [3.63, 3.8) is 0 Å². The van der Waals surface area contributed by atoms with Crippen molar-refractivity contribution in [2.75, 3.05) is 26.2 Å². The van der Waals surface area contributed by atoms with Crippen molar-refractivity contribution >= 4 is 30.7 Å². The predicted molar refractivity (Wildman–Crippen MR) is 123 cm³/mol. The summed E-state index contributed by atoms with van der Waals surface area (Å²) < 4.78 is 5.46. The Balaban J connectivity index is 0.00000136. The lowest BCUT2D eigenvalue weighted by Crippen LogP contribution is -2.53. The quantitative estimate of drug-likeness (QED) is 0.743. The molecule has 3 fully saturated rings. The summed E-state index contributed by atoms with van der Waals surface area (Å²) in [4.78, 5) is 21.9. The van der Waals surface area contributed by atoms with Crippen molar-refractivity contribution in [2.45, 2.75) is 38.8 Å². The van der Waals surface area contributed by atoms with Gasteiger partial charge in [-0.15, -0.1) is 24.8 Å². The Hall–Kier alpha value is -1.67. The van der Waals surface area contributed by atoms with E-state index in [1.165, 1.54) is 18.4 Å². The molecule has 2 N–H and O–H groups in total. The van der Waals surface area contributed by atoms with Gasteiger partial charge in [0.15, 0.2) is 0 Å². The van der Waals surface area contributed by atoms with Crippen molar-refractivity contribution in [3.8, 4) is 11.4 Å². The summed E-state index contributed by atoms with van der Waals surface area (Å²) in [7, 11) is 0. The van der Waals surface area contributed by atoms with Gasteiger partial charge in [-0.25, -0.2) is 0 Å². The zero-order valence-electron chi connectivity index (χ0n) is 17.8. The number of hydrogen-bond donors (Lipinski definition) is 1. The second-order valence-corrected chi connectivity index (χ2v) is 8.92. The number of halogens is 2. The number of amides is 1. The van der Waals surface area contributed by atoms with Gasteiger partial charge >= 0.3 is 0 Å². The number of aryl methyl sites for hydroxylation is 1. The fourth-order valence-corrected chi connectivity index (χ4v) is 5.37. The third-order valence-electron chi connectivity index (χ3n) is 7.09. The maximum atomic E-state index is 13.0. The third kappa shape index (κ3) is 4.75. The Morgan fingerprint density at radius 2 is 1.77 bits per heavy atom. The molecule has 2 saturated carbocycles. The molecule has 4 unspecified atom stereocenters. The van der Waals surface area contributed by atoms with Crippen LogP contribution in [-0.2, 0) is 11.3 Å². The molecule has 2 aromatic rings. The number of hydrogen-bond acceptors (Lipinski definition) is 6. The lowest BCUT2D eigenvalue weighted by molar-refractivity contribution is -0.139. The summed E-state index contributed by atoms with van der Waals surface area (Å²) >= 11 is 0. The molecule has 1 amide bonds. The maximum absolute atomic E-state index is 13.0. The molecule has 3 aliphatic rings. The first-order valence-electron chi connectivity index (χ1n) is 10.7. The van der Waals surface area contributed by atoms with E-state index < -0.39 is 0 Å². The topological polar surface area (TPSA) is 88.5 Å². The van der Waals surface area contributed by atoms with Gasteiger partial charge in [0, 0.05) is 37.8 Å². The van der Waals surface area contributed by atoms with Crippen molar-refractivity contribution < 1.29 is 9.32 Å². The molecule has 0 radical (unpaired) electrons. The molecule has 1 aromatic heterocycles. The molecule has 7 nitrogen and oxygen atoms in total. The summed E-state index contributed by atoms with van der Waals surface area (Å²) in [6.07, 6.45) is 3.53. The Morgan fingerprint density at radius 1 is 1.10 bits per heavy atom. The average molecular weight is 468 g/mol. The van der Waals surface area contributed by atoms with Gasteiger partial charge in [0.2, 0.25) is 17.6 Å². The van der Waals surface area contributed by atoms with E-state index in [2.05, 4.69) is 22.0 Å². The van der Waals surface area contributed by atoms with Crippen LogP contribution >= 0.6 is 24.8 Å². The molecule has 31 heavy (non-hydrogen) atoms. The SMILES string of the molecule is Cc1ccc(-c2noc(CN3CCN(C(=O)C4C5CCC(C5)C4N)CC3)n2)cc1.Cl.Cl. The Kier molecular flexibility index (Phi) is 7.63. The largest absolute Gasteiger partial charge is 0.340 e. The normalized spacial score (nSPS) is 27.6. The van der Waals surface area contributed by atoms with E-state index in [9.17, 15) is 4.79 Å². The van der Waals surface area contributed by atoms with Gasteiger partial charge in [-0.1, -0.05) is 35.0 Å². The molecule has 5 rings (SSSR count). The van der Waals surface area contributed by atoms with Gasteiger partial charge in [0.05, 0.1) is 12.5 Å². The number of carbonyl (C=O) groups is 1. The van der Waals surface area contributed by atoms with Gasteiger partial charge in [-0.3, -0.25) is 9.69 Å². The highest BCUT2D eigenvalue weighted by Gasteiger charge is 2.50. The third-order valence-corrected chi connectivity index (χ3v) is 7.09. The summed E-state index contributed by atoms with van der Waals surface area (Å²) in [5.41, 5.74) is 8.54. The zero-order chi connectivity index (χ0) is 20.0. The van der Waals surface area contributed by atoms with E-state index in [0.29, 0.717) is 30.1 Å². The molecule has 9 heteroatoms. The molecule has 4 atom stereocenters. The minimum absolute atomic E-state index is 0. The van der Waals surface area contributed by atoms with Crippen LogP contribution in [-0.4, -0.2) is 58.1 Å². The van der Waals surface area contributed by atoms with Crippen LogP contribution in [0.25, 0.3) is 11.4 Å². The van der Waals surface area contributed by atoms with Gasteiger partial charge in [-0.2, -0.15) is 4.98 Å². The highest BCUT2D eigenvalue weighted by Crippen LogP contribution is 2.48. The first-order valence-corrected chi connectivity index (χ1v) is 10.7. The minimum Gasteiger partial charge on any atom is -0.340 e. The van der Waals surface area contributed by atoms with Crippen molar-refractivity contribution in [1.29, 1.82) is 0 Å². The van der Waals surface area contributed by atoms with E-state index in [-0.39, 0.29) is 42.7 Å². The summed E-state index contributed by atoms with van der Waals surface area (Å²) in [6.45, 7) is 5.82. The minimum atomic E-state index is 0. The highest BCUT2D eigenvalue weighted by molar-refractivity contribution is 5.85. The van der Waals surface area contributed by atoms with Crippen molar-refractivity contribution in [1.82, 2.24) is 19.9 Å². The lowest BCUT2D eigenvalue weighted by Gasteiger charge is -2.38. The summed E-state index contributed by atoms with van der Waals surface area (Å²) in [5, 5.41) is 4.12. The Bertz CT molecular complexity index is 880. The van der Waals surface area contributed by atoms with Crippen LogP contribution in [0, 0.1) is 24.7 Å². The maximum Gasteiger partial charge on any atom is 0.241 e. The molecular weight excluding hydrogens is 437 g/mol. The smallest absolute Gasteiger partial charge is 0.241 e. The van der Waals surface area contributed by atoms with Gasteiger partial charge in [0.1, 0.15) is 0 Å². The van der Waals surface area contributed by atoms with Gasteiger partial charge in [0.25, 0.3) is 0 Å². The molecule has 170 valence electrons. The van der Waals surface area contributed by atoms with Crippen LogP contribution in [0.15, 0.2) is 28.8 Å². The number of aromatic nitrogens is 2. The lowest BCUT2D eigenvalue weighted by atomic mass is 9.84. The van der Waals surface area contributed by atoms with E-state index in [1.54, 1.807) is 0 Å². The number of piperazine rings is 1. The van der Waals surface area contributed by atoms with Crippen LogP contribution in [0.1, 0.15) is 30.7 Å². The monoisotopic (exact) mass is 467 g/mol. The number of carbonyl (C=O) groups excluding carboxylic acids is 1. The fraction of sp³-hybridized carbons (Fsp3) is 0.591. The molecule has 1 aliphatic heterocycles. The van der Waals surface area contributed by atoms with Gasteiger partial charge < -0.3 is 15.2 Å². The van der Waals surface area contributed by atoms with Crippen LogP contribution in [0.2, 0.25) is 0 Å². The number of benzene rings is 1. The second kappa shape index (κ2) is 9.86. The zero-order valence-corrected chi connectivity index (χ0v) is 19.4. The van der Waals surface area contributed by atoms with Crippen molar-refractivity contribution in [2.24, 2.45) is 23.5 Å². The molecule has 1 saturated heterocycles. The fourth-order valence-electron chi connectivity index (χ4n) is 5.37. The second-order valence-electron chi connectivity index (χ2n) is 8.92. The number of nitrogens with zero attached hydrogens (tertiary/aromatic N) is 4. The molecule has 2 aliphatic carbocycles. The van der Waals surface area contributed by atoms with E-state index >= 15 is 0 Å². The molecular formula is C22H31Cl2N5O2. The standard InChI is InChI=1S/C22H29N5O2.2ClH/c1-14-2-4-15(5-3-14)21-24-18(29-25-21)13-26-8-10-27(11-9-26)22(28)19-16-6-7-17(12-16)20(19)23;;/h2-5,16-17,19-20H,6-13,23H2,1H3;2*1H. The highest BCUT2D eigenvalue weighted by atomic mass is 35.5. The van der Waals surface area contributed by atoms with Crippen LogP contribution in [0.4, 0.5) is 0 Å². The van der Waals surface area contributed by atoms with Crippen LogP contribution in [0.5, 0.6) is 0 Å². The number of nitrogens with two attached hydrogens (primary N) is 1. The molecule has 0 spiro atoms. The molecule has 2 bridgehead atoms. The molecule has 1 aromatic carbocycles. The summed E-state index contributed by atoms with van der Waals surface area (Å²) in [5.74, 6) is 2.65. The van der Waals surface area contributed by atoms with Crippen LogP contribution < -0.4 is 5.73 Å². The van der Waals surface area contributed by atoms with E-state index in [0.717, 1.165) is 38.2 Å². The average Bonchev–Trinajstić information content (AvgIpc) is 3.45. The van der Waals surface area contributed by atoms with E-state index in [4.69, 9.17) is 10.3 Å². The predicted octanol–water partition coefficient (Wildman–Crippen LogP) is 2.91. The number of fused-ring (bicyclic) bond motifs is 2.